The van der Waals surface area contributed by atoms with Gasteiger partial charge in [0.15, 0.2) is 18.1 Å². The second-order valence-electron chi connectivity index (χ2n) is 8.26. The highest BCUT2D eigenvalue weighted by Crippen LogP contribution is 2.30. The van der Waals surface area contributed by atoms with Gasteiger partial charge in [-0.05, 0) is 73.0 Å². The van der Waals surface area contributed by atoms with Gasteiger partial charge in [0.2, 0.25) is 0 Å². The molecule has 0 fully saturated rings. The van der Waals surface area contributed by atoms with E-state index in [2.05, 4.69) is 21.4 Å². The van der Waals surface area contributed by atoms with Gasteiger partial charge < -0.3 is 19.8 Å². The number of imidazole rings is 1. The zero-order valence-electron chi connectivity index (χ0n) is 20.4. The molecule has 4 rings (SSSR count). The maximum Gasteiger partial charge on any atom is 0.269 e. The lowest BCUT2D eigenvalue weighted by Gasteiger charge is -2.11. The fraction of sp³-hybridized carbons (Fsp3) is 0.148. The van der Waals surface area contributed by atoms with Crippen LogP contribution in [0.3, 0.4) is 0 Å². The summed E-state index contributed by atoms with van der Waals surface area (Å²) >= 11 is 0. The van der Waals surface area contributed by atoms with Crippen LogP contribution >= 0.6 is 0 Å². The Balaban J connectivity index is 1.47. The number of amides is 1. The lowest BCUT2D eigenvalue weighted by Crippen LogP contribution is -2.20. The Labute approximate surface area is 212 Å². The number of rotatable bonds is 8. The minimum absolute atomic E-state index is 0.0711. The molecule has 0 bridgehead atoms. The number of aryl methyl sites for hydroxylation is 2. The Bertz CT molecular complexity index is 1530. The summed E-state index contributed by atoms with van der Waals surface area (Å²) < 4.78 is 11.0. The van der Waals surface area contributed by atoms with Gasteiger partial charge in [-0.25, -0.2) is 4.98 Å². The third-order valence-corrected chi connectivity index (χ3v) is 5.69. The van der Waals surface area contributed by atoms with Crippen LogP contribution in [0.1, 0.15) is 22.5 Å². The average Bonchev–Trinajstić information content (AvgIpc) is 3.29. The molecule has 0 aliphatic heterocycles. The number of carbonyl (C=O) groups is 1. The van der Waals surface area contributed by atoms with Gasteiger partial charge in [-0.3, -0.25) is 14.9 Å². The third-order valence-electron chi connectivity index (χ3n) is 5.69. The average molecular weight is 498 g/mol. The summed E-state index contributed by atoms with van der Waals surface area (Å²) in [5, 5.41) is 23.1. The van der Waals surface area contributed by atoms with Crippen LogP contribution in [0.15, 0.2) is 54.6 Å². The highest BCUT2D eigenvalue weighted by molar-refractivity contribution is 5.92. The molecule has 1 amide bonds. The number of nitrogens with zero attached hydrogens (tertiary/aromatic N) is 3. The normalized spacial score (nSPS) is 11.1. The lowest BCUT2D eigenvalue weighted by molar-refractivity contribution is -0.384. The van der Waals surface area contributed by atoms with Crippen LogP contribution in [0, 0.1) is 35.3 Å². The number of methoxy groups -OCH3 is 1. The van der Waals surface area contributed by atoms with E-state index in [0.717, 1.165) is 22.2 Å². The van der Waals surface area contributed by atoms with E-state index in [1.54, 1.807) is 24.3 Å². The largest absolute Gasteiger partial charge is 0.493 e. The number of nitro groups is 1. The predicted molar refractivity (Wildman–Crippen MR) is 139 cm³/mol. The molecule has 0 spiro atoms. The van der Waals surface area contributed by atoms with E-state index in [9.17, 15) is 20.2 Å². The zero-order chi connectivity index (χ0) is 26.5. The molecule has 0 saturated heterocycles. The summed E-state index contributed by atoms with van der Waals surface area (Å²) in [6.45, 7) is 3.73. The van der Waals surface area contributed by atoms with Crippen LogP contribution in [0.5, 0.6) is 11.5 Å². The van der Waals surface area contributed by atoms with Crippen molar-refractivity contribution in [1.29, 1.82) is 5.26 Å². The summed E-state index contributed by atoms with van der Waals surface area (Å²) in [7, 11) is 1.47. The number of nitro benzene ring substituents is 1. The van der Waals surface area contributed by atoms with Gasteiger partial charge in [-0.1, -0.05) is 6.07 Å². The Kier molecular flexibility index (Phi) is 7.16. The second kappa shape index (κ2) is 10.6. The number of carbonyl (C=O) groups excluding carboxylic acids is 1. The summed E-state index contributed by atoms with van der Waals surface area (Å²) in [6, 6.07) is 16.7. The van der Waals surface area contributed by atoms with Gasteiger partial charge in [0.25, 0.3) is 11.6 Å². The number of nitriles is 1. The van der Waals surface area contributed by atoms with Crippen LogP contribution in [-0.2, 0) is 4.79 Å². The number of aromatic nitrogens is 2. The van der Waals surface area contributed by atoms with Crippen LogP contribution in [0.25, 0.3) is 22.7 Å². The van der Waals surface area contributed by atoms with E-state index in [-0.39, 0.29) is 12.3 Å². The summed E-state index contributed by atoms with van der Waals surface area (Å²) in [4.78, 5) is 30.3. The number of aromatic amines is 1. The molecule has 0 unspecified atom stereocenters. The smallest absolute Gasteiger partial charge is 0.269 e. The highest BCUT2D eigenvalue weighted by Gasteiger charge is 2.13. The maximum atomic E-state index is 12.3. The first-order valence-corrected chi connectivity index (χ1v) is 11.2. The van der Waals surface area contributed by atoms with Gasteiger partial charge >= 0.3 is 0 Å². The fourth-order valence-corrected chi connectivity index (χ4v) is 3.62. The molecule has 0 atom stereocenters. The molecule has 186 valence electrons. The molecular formula is C27H23N5O5. The third kappa shape index (κ3) is 5.74. The van der Waals surface area contributed by atoms with Crippen molar-refractivity contribution in [3.05, 3.63) is 87.2 Å². The number of nitrogens with one attached hydrogen (secondary N) is 2. The van der Waals surface area contributed by atoms with Crippen molar-refractivity contribution in [3.63, 3.8) is 0 Å². The monoisotopic (exact) mass is 497 g/mol. The molecule has 2 N–H and O–H groups in total. The molecule has 0 aliphatic rings. The van der Waals surface area contributed by atoms with Crippen molar-refractivity contribution >= 4 is 40.0 Å². The van der Waals surface area contributed by atoms with Gasteiger partial charge in [-0.15, -0.1) is 0 Å². The van der Waals surface area contributed by atoms with Gasteiger partial charge in [0.05, 0.1) is 28.6 Å². The molecule has 0 aliphatic carbocycles. The first kappa shape index (κ1) is 24.9. The number of non-ortho nitro benzene ring substituents is 1. The van der Waals surface area contributed by atoms with Gasteiger partial charge in [0.1, 0.15) is 11.9 Å². The van der Waals surface area contributed by atoms with Gasteiger partial charge in [0, 0.05) is 17.8 Å². The maximum absolute atomic E-state index is 12.3. The molecule has 10 nitrogen and oxygen atoms in total. The molecule has 3 aromatic carbocycles. The molecule has 10 heteroatoms. The van der Waals surface area contributed by atoms with E-state index in [1.807, 2.05) is 26.0 Å². The van der Waals surface area contributed by atoms with Crippen molar-refractivity contribution in [2.75, 3.05) is 19.0 Å². The zero-order valence-corrected chi connectivity index (χ0v) is 20.4. The van der Waals surface area contributed by atoms with Crippen molar-refractivity contribution in [1.82, 2.24) is 9.97 Å². The first-order chi connectivity index (χ1) is 17.8. The summed E-state index contributed by atoms with van der Waals surface area (Å²) in [5.74, 6) is 0.739. The predicted octanol–water partition coefficient (Wildman–Crippen LogP) is 5.18. The van der Waals surface area contributed by atoms with Crippen LogP contribution in [-0.4, -0.2) is 34.5 Å². The van der Waals surface area contributed by atoms with Crippen molar-refractivity contribution in [2.45, 2.75) is 13.8 Å². The van der Waals surface area contributed by atoms with Crippen molar-refractivity contribution < 1.29 is 19.2 Å². The highest BCUT2D eigenvalue weighted by atomic mass is 16.6. The lowest BCUT2D eigenvalue weighted by atomic mass is 10.1. The van der Waals surface area contributed by atoms with Crippen LogP contribution in [0.2, 0.25) is 0 Å². The number of anilines is 1. The topological polar surface area (TPSA) is 143 Å². The molecule has 37 heavy (non-hydrogen) atoms. The Morgan fingerprint density at radius 3 is 2.54 bits per heavy atom. The molecule has 0 saturated carbocycles. The number of hydrogen-bond acceptors (Lipinski definition) is 7. The SMILES string of the molecule is COc1cc(/C=C(\C#N)c2nc3cc(C)c(C)cc3[nH]2)ccc1OCC(=O)Nc1ccc([N+](=O)[O-])cc1. The first-order valence-electron chi connectivity index (χ1n) is 11.2. The summed E-state index contributed by atoms with van der Waals surface area (Å²) in [6.07, 6.45) is 1.69. The van der Waals surface area contributed by atoms with Crippen LogP contribution < -0.4 is 14.8 Å². The molecule has 4 aromatic rings. The van der Waals surface area contributed by atoms with Gasteiger partial charge in [-0.2, -0.15) is 5.26 Å². The Hall–Kier alpha value is -5.17. The molecule has 1 aromatic heterocycles. The molecular weight excluding hydrogens is 474 g/mol. The molecule has 0 radical (unpaired) electrons. The molecule has 1 heterocycles. The number of allylic oxidation sites excluding steroid dienone is 1. The van der Waals surface area contributed by atoms with E-state index < -0.39 is 10.8 Å². The second-order valence-corrected chi connectivity index (χ2v) is 8.26. The number of H-pyrrole nitrogens is 1. The van der Waals surface area contributed by atoms with Crippen molar-refractivity contribution in [3.8, 4) is 17.6 Å². The number of hydrogen-bond donors (Lipinski definition) is 2. The standard InChI is InChI=1S/C27H23N5O5/c1-16-10-22-23(11-17(16)2)31-27(30-22)19(14-28)12-18-4-9-24(25(13-18)36-3)37-15-26(33)29-20-5-7-21(8-6-20)32(34)35/h4-13H,15H2,1-3H3,(H,29,33)(H,30,31)/b19-12+. The van der Waals surface area contributed by atoms with Crippen molar-refractivity contribution in [2.24, 2.45) is 0 Å². The number of ether oxygens (including phenoxy) is 2. The van der Waals surface area contributed by atoms with Crippen LogP contribution in [0.4, 0.5) is 11.4 Å². The quantitative estimate of drug-likeness (QED) is 0.194. The fourth-order valence-electron chi connectivity index (χ4n) is 3.62. The summed E-state index contributed by atoms with van der Waals surface area (Å²) in [5.41, 5.74) is 5.26. The van der Waals surface area contributed by atoms with E-state index >= 15 is 0 Å². The Morgan fingerprint density at radius 1 is 1.14 bits per heavy atom. The van der Waals surface area contributed by atoms with E-state index in [1.165, 1.54) is 31.4 Å². The number of benzene rings is 3. The minimum Gasteiger partial charge on any atom is -0.493 e. The Morgan fingerprint density at radius 2 is 1.86 bits per heavy atom. The number of fused-ring (bicyclic) bond motifs is 1. The van der Waals surface area contributed by atoms with E-state index in [4.69, 9.17) is 9.47 Å². The van der Waals surface area contributed by atoms with E-state index in [0.29, 0.717) is 34.1 Å². The minimum atomic E-state index is -0.516.